The van der Waals surface area contributed by atoms with E-state index in [1.165, 1.54) is 193 Å². The van der Waals surface area contributed by atoms with Gasteiger partial charge in [-0.05, 0) is 71.8 Å². The first-order valence-corrected chi connectivity index (χ1v) is 35.7. The molecule has 0 bridgehead atoms. The molecule has 0 fully saturated rings. The van der Waals surface area contributed by atoms with Crippen molar-refractivity contribution in [3.8, 4) is 0 Å². The topological polar surface area (TPSA) is 115 Å². The molecule has 0 unspecified atom stereocenters. The fraction of sp³-hybridized carbons (Fsp3) is 0.938. The zero-order valence-electron chi connectivity index (χ0n) is 52.0. The molecule has 13 heteroatoms. The van der Waals surface area contributed by atoms with Crippen LogP contribution in [0.2, 0.25) is 0 Å². The Balaban J connectivity index is 5.04. The molecule has 0 N–H and O–H groups in total. The molecule has 0 aromatic rings. The number of carbonyl (C=O) groups is 4. The first-order valence-electron chi connectivity index (χ1n) is 33.3. The largest absolute Gasteiger partial charge is 0.466 e. The van der Waals surface area contributed by atoms with Crippen LogP contribution in [0.4, 0.5) is 0 Å². The van der Waals surface area contributed by atoms with E-state index in [0.717, 1.165) is 89.1 Å². The number of ether oxygens (including phenoxy) is 4. The summed E-state index contributed by atoms with van der Waals surface area (Å²) in [6.45, 7) is 16.4. The Morgan fingerprint density at radius 3 is 0.808 bits per heavy atom. The minimum absolute atomic E-state index is 0.163. The van der Waals surface area contributed by atoms with E-state index in [-0.39, 0.29) is 23.9 Å². The van der Waals surface area contributed by atoms with E-state index in [1.807, 2.05) is 10.8 Å². The molecule has 0 aliphatic heterocycles. The number of hydrogen-bond donors (Lipinski definition) is 0. The van der Waals surface area contributed by atoms with E-state index >= 15 is 0 Å². The number of esters is 4. The molecule has 0 aromatic carbocycles. The Morgan fingerprint density at radius 1 is 0.269 bits per heavy atom. The van der Waals surface area contributed by atoms with E-state index in [4.69, 9.17) is 18.9 Å². The van der Waals surface area contributed by atoms with Gasteiger partial charge in [0.25, 0.3) is 0 Å². The molecule has 0 radical (unpaired) electrons. The Morgan fingerprint density at radius 2 is 0.513 bits per heavy atom. The lowest BCUT2D eigenvalue weighted by atomic mass is 10.1. The van der Waals surface area contributed by atoms with Gasteiger partial charge in [0.15, 0.2) is 0 Å². The molecule has 0 heterocycles. The van der Waals surface area contributed by atoms with Crippen LogP contribution in [-0.2, 0) is 38.1 Å². The summed E-state index contributed by atoms with van der Waals surface area (Å²) in [6, 6.07) is 0. The molecule has 462 valence electrons. The normalized spacial score (nSPS) is 11.6. The fourth-order valence-electron chi connectivity index (χ4n) is 9.77. The van der Waals surface area contributed by atoms with Crippen molar-refractivity contribution in [1.29, 1.82) is 0 Å². The van der Waals surface area contributed by atoms with Crippen molar-refractivity contribution < 1.29 is 38.1 Å². The Kier molecular flexibility index (Phi) is 61.8. The Hall–Kier alpha value is -1.54. The van der Waals surface area contributed by atoms with Gasteiger partial charge >= 0.3 is 23.9 Å². The van der Waals surface area contributed by atoms with Crippen molar-refractivity contribution in [2.75, 3.05) is 97.3 Å². The fourth-order valence-corrected chi connectivity index (χ4v) is 11.7. The summed E-state index contributed by atoms with van der Waals surface area (Å²) in [7, 11) is 5.80. The molecule has 0 aliphatic carbocycles. The molecule has 0 aliphatic rings. The predicted molar refractivity (Wildman–Crippen MR) is 336 cm³/mol. The van der Waals surface area contributed by atoms with Gasteiger partial charge in [-0.2, -0.15) is 0 Å². The van der Waals surface area contributed by atoms with E-state index in [9.17, 15) is 19.2 Å². The second kappa shape index (κ2) is 63.0. The van der Waals surface area contributed by atoms with E-state index < -0.39 is 0 Å². The van der Waals surface area contributed by atoms with Crippen LogP contribution in [0.15, 0.2) is 0 Å². The standard InChI is InChI=1S/C65H127N3O8S2/c1-6-10-14-18-22-25-28-31-34-38-56-73-62(69)44-52-67(53-45-63(70)74-57-39-35-32-29-26-23-19-15-11-7-2)50-42-48-66(5)49-43-51-68(54-46-64(71)75-58-40-36-33-30-27-24-20-16-12-8-3)55-47-65(72)76-59-61-78-77-60-41-37-21-17-13-9-4/h6-61H2,1-5H3. The van der Waals surface area contributed by atoms with Crippen molar-refractivity contribution in [3.63, 3.8) is 0 Å². The molecule has 11 nitrogen and oxygen atoms in total. The zero-order chi connectivity index (χ0) is 56.9. The van der Waals surface area contributed by atoms with Gasteiger partial charge < -0.3 is 33.6 Å². The monoisotopic (exact) mass is 1140 g/mol. The summed E-state index contributed by atoms with van der Waals surface area (Å²) in [5.74, 6) is 1.26. The minimum atomic E-state index is -0.184. The molecule has 0 atom stereocenters. The highest BCUT2D eigenvalue weighted by molar-refractivity contribution is 8.76. The molecule has 0 amide bonds. The molecular weight excluding hydrogens is 1010 g/mol. The highest BCUT2D eigenvalue weighted by atomic mass is 33.1. The van der Waals surface area contributed by atoms with Gasteiger partial charge in [-0.25, -0.2) is 0 Å². The maximum atomic E-state index is 12.8. The van der Waals surface area contributed by atoms with Gasteiger partial charge in [-0.15, -0.1) is 0 Å². The van der Waals surface area contributed by atoms with Gasteiger partial charge in [0, 0.05) is 37.7 Å². The van der Waals surface area contributed by atoms with Gasteiger partial charge in [-0.3, -0.25) is 19.2 Å². The summed E-state index contributed by atoms with van der Waals surface area (Å²) >= 11 is 0. The zero-order valence-corrected chi connectivity index (χ0v) is 53.7. The van der Waals surface area contributed by atoms with E-state index in [1.54, 1.807) is 10.8 Å². The smallest absolute Gasteiger partial charge is 0.307 e. The lowest BCUT2D eigenvalue weighted by Crippen LogP contribution is -2.34. The number of nitrogens with zero attached hydrogens (tertiary/aromatic N) is 3. The van der Waals surface area contributed by atoms with E-state index in [2.05, 4.69) is 49.4 Å². The lowest BCUT2D eigenvalue weighted by Gasteiger charge is -2.25. The van der Waals surface area contributed by atoms with Crippen molar-refractivity contribution in [2.45, 2.75) is 297 Å². The first-order chi connectivity index (χ1) is 38.2. The SMILES string of the molecule is CCCCCCCCCCCCOC(=O)CCN(CCCN(C)CCCN(CCC(=O)OCCCCCCCCCCCC)CCC(=O)OCCSSCCCCCCCC)CCC(=O)OCCCCCCCCCCCC. The van der Waals surface area contributed by atoms with Crippen LogP contribution >= 0.6 is 21.6 Å². The van der Waals surface area contributed by atoms with Crippen LogP contribution in [0.3, 0.4) is 0 Å². The summed E-state index contributed by atoms with van der Waals surface area (Å²) in [5, 5.41) is 0. The molecule has 0 saturated heterocycles. The summed E-state index contributed by atoms with van der Waals surface area (Å²) in [6.07, 6.45) is 48.2. The van der Waals surface area contributed by atoms with Crippen LogP contribution in [0.5, 0.6) is 0 Å². The second-order valence-corrected chi connectivity index (χ2v) is 25.2. The second-order valence-electron chi connectivity index (χ2n) is 22.5. The van der Waals surface area contributed by atoms with Crippen LogP contribution in [0, 0.1) is 0 Å². The number of hydrogen-bond acceptors (Lipinski definition) is 13. The number of carbonyl (C=O) groups excluding carboxylic acids is 4. The van der Waals surface area contributed by atoms with Crippen molar-refractivity contribution in [1.82, 2.24) is 14.7 Å². The van der Waals surface area contributed by atoms with Crippen LogP contribution in [0.25, 0.3) is 0 Å². The maximum Gasteiger partial charge on any atom is 0.307 e. The van der Waals surface area contributed by atoms with Crippen molar-refractivity contribution >= 4 is 45.5 Å². The Bertz CT molecular complexity index is 1120. The number of unbranched alkanes of at least 4 members (excludes halogenated alkanes) is 32. The predicted octanol–water partition coefficient (Wildman–Crippen LogP) is 17.5. The molecule has 78 heavy (non-hydrogen) atoms. The lowest BCUT2D eigenvalue weighted by molar-refractivity contribution is -0.146. The molecule has 0 rings (SSSR count). The van der Waals surface area contributed by atoms with Crippen LogP contribution in [-0.4, -0.2) is 136 Å². The van der Waals surface area contributed by atoms with Crippen LogP contribution < -0.4 is 0 Å². The third-order valence-electron chi connectivity index (χ3n) is 14.9. The molecule has 0 saturated carbocycles. The summed E-state index contributed by atoms with van der Waals surface area (Å²) in [4.78, 5) is 58.1. The first kappa shape index (κ1) is 76.5. The molecule has 0 spiro atoms. The van der Waals surface area contributed by atoms with Gasteiger partial charge in [0.05, 0.1) is 45.5 Å². The van der Waals surface area contributed by atoms with E-state index in [0.29, 0.717) is 78.3 Å². The third kappa shape index (κ3) is 59.1. The highest BCUT2D eigenvalue weighted by Crippen LogP contribution is 2.23. The minimum Gasteiger partial charge on any atom is -0.466 e. The van der Waals surface area contributed by atoms with Crippen molar-refractivity contribution in [2.24, 2.45) is 0 Å². The van der Waals surface area contributed by atoms with Gasteiger partial charge in [0.1, 0.15) is 6.61 Å². The Labute approximate surface area is 490 Å². The maximum absolute atomic E-state index is 12.8. The third-order valence-corrected chi connectivity index (χ3v) is 17.4. The summed E-state index contributed by atoms with van der Waals surface area (Å²) in [5.41, 5.74) is 0. The average Bonchev–Trinajstić information content (AvgIpc) is 3.43. The summed E-state index contributed by atoms with van der Waals surface area (Å²) < 4.78 is 22.6. The van der Waals surface area contributed by atoms with Gasteiger partial charge in [-0.1, -0.05) is 255 Å². The molecular formula is C65H127N3O8S2. The van der Waals surface area contributed by atoms with Crippen LogP contribution in [0.1, 0.15) is 297 Å². The number of rotatable bonds is 64. The quantitative estimate of drug-likeness (QED) is 0.0249. The highest BCUT2D eigenvalue weighted by Gasteiger charge is 2.16. The molecule has 0 aromatic heterocycles. The average molecular weight is 1140 g/mol. The van der Waals surface area contributed by atoms with Crippen molar-refractivity contribution in [3.05, 3.63) is 0 Å². The van der Waals surface area contributed by atoms with Gasteiger partial charge in [0.2, 0.25) is 0 Å².